The Morgan fingerprint density at radius 1 is 0.792 bits per heavy atom. The molecule has 2 unspecified atom stereocenters. The molecule has 0 aliphatic carbocycles. The molecule has 24 heavy (non-hydrogen) atoms. The van der Waals surface area contributed by atoms with Crippen molar-refractivity contribution in [3.05, 3.63) is 0 Å². The number of nitrogens with zero attached hydrogens (tertiary/aromatic N) is 2. The van der Waals surface area contributed by atoms with E-state index < -0.39 is 0 Å². The summed E-state index contributed by atoms with van der Waals surface area (Å²) in [5.41, 5.74) is 0. The highest BCUT2D eigenvalue weighted by atomic mass is 16.2. The molecule has 2 atom stereocenters. The van der Waals surface area contributed by atoms with Gasteiger partial charge in [-0.3, -0.25) is 9.59 Å². The summed E-state index contributed by atoms with van der Waals surface area (Å²) in [5.74, 6) is 0.817. The standard InChI is InChI=1S/C20H40N2O2/c1-7-13-17(9-3)20(24)22(11-5)16-12-15-18(14-8-2)19(23)21(6)10-4/h17-18H,7-16H2,1-6H3. The van der Waals surface area contributed by atoms with Gasteiger partial charge in [-0.25, -0.2) is 0 Å². The van der Waals surface area contributed by atoms with Crippen LogP contribution in [0.25, 0.3) is 0 Å². The Bertz CT molecular complexity index is 358. The van der Waals surface area contributed by atoms with Crippen LogP contribution in [-0.2, 0) is 9.59 Å². The van der Waals surface area contributed by atoms with Crippen LogP contribution in [0.1, 0.15) is 79.6 Å². The number of carbonyl (C=O) groups excluding carboxylic acids is 2. The molecule has 0 saturated heterocycles. The van der Waals surface area contributed by atoms with Crippen LogP contribution in [0.5, 0.6) is 0 Å². The maximum absolute atomic E-state index is 12.6. The summed E-state index contributed by atoms with van der Waals surface area (Å²) in [6.45, 7) is 12.7. The van der Waals surface area contributed by atoms with Crippen molar-refractivity contribution in [2.45, 2.75) is 79.6 Å². The van der Waals surface area contributed by atoms with Gasteiger partial charge in [-0.15, -0.1) is 0 Å². The monoisotopic (exact) mass is 340 g/mol. The van der Waals surface area contributed by atoms with Crippen molar-refractivity contribution in [1.82, 2.24) is 9.80 Å². The van der Waals surface area contributed by atoms with E-state index in [4.69, 9.17) is 0 Å². The van der Waals surface area contributed by atoms with Crippen molar-refractivity contribution in [3.8, 4) is 0 Å². The highest BCUT2D eigenvalue weighted by molar-refractivity contribution is 5.79. The van der Waals surface area contributed by atoms with E-state index in [9.17, 15) is 9.59 Å². The van der Waals surface area contributed by atoms with Crippen molar-refractivity contribution < 1.29 is 9.59 Å². The van der Waals surface area contributed by atoms with Gasteiger partial charge in [-0.05, 0) is 46.0 Å². The number of rotatable bonds is 13. The molecule has 0 fully saturated rings. The predicted octanol–water partition coefficient (Wildman–Crippen LogP) is 4.34. The second-order valence-electron chi connectivity index (χ2n) is 6.79. The maximum atomic E-state index is 12.6. The molecule has 0 rings (SSSR count). The number of hydrogen-bond donors (Lipinski definition) is 0. The Morgan fingerprint density at radius 3 is 1.83 bits per heavy atom. The molecule has 0 aliphatic rings. The van der Waals surface area contributed by atoms with Crippen molar-refractivity contribution in [3.63, 3.8) is 0 Å². The third-order valence-electron chi connectivity index (χ3n) is 4.99. The molecule has 0 aliphatic heterocycles. The molecule has 0 saturated carbocycles. The zero-order valence-corrected chi connectivity index (χ0v) is 16.9. The maximum Gasteiger partial charge on any atom is 0.225 e. The average Bonchev–Trinajstić information content (AvgIpc) is 2.60. The third-order valence-corrected chi connectivity index (χ3v) is 4.99. The SMILES string of the molecule is CCCC(CCCN(CC)C(=O)C(CC)CCC)C(=O)N(C)CC. The molecule has 0 aromatic heterocycles. The van der Waals surface area contributed by atoms with Crippen molar-refractivity contribution >= 4 is 11.8 Å². The van der Waals surface area contributed by atoms with Crippen molar-refractivity contribution in [1.29, 1.82) is 0 Å². The van der Waals surface area contributed by atoms with Crippen LogP contribution < -0.4 is 0 Å². The Kier molecular flexibility index (Phi) is 12.7. The highest BCUT2D eigenvalue weighted by Crippen LogP contribution is 2.19. The van der Waals surface area contributed by atoms with Crippen LogP contribution in [-0.4, -0.2) is 48.3 Å². The molecular weight excluding hydrogens is 300 g/mol. The molecule has 0 N–H and O–H groups in total. The topological polar surface area (TPSA) is 40.6 Å². The molecule has 2 amide bonds. The Morgan fingerprint density at radius 2 is 1.38 bits per heavy atom. The second kappa shape index (κ2) is 13.3. The molecule has 4 heteroatoms. The van der Waals surface area contributed by atoms with E-state index in [1.807, 2.05) is 23.8 Å². The smallest absolute Gasteiger partial charge is 0.225 e. The predicted molar refractivity (Wildman–Crippen MR) is 102 cm³/mol. The van der Waals surface area contributed by atoms with Crippen LogP contribution >= 0.6 is 0 Å². The van der Waals surface area contributed by atoms with Crippen LogP contribution in [0.2, 0.25) is 0 Å². The minimum absolute atomic E-state index is 0.103. The lowest BCUT2D eigenvalue weighted by atomic mass is 9.95. The number of amides is 2. The van der Waals surface area contributed by atoms with Crippen molar-refractivity contribution in [2.24, 2.45) is 11.8 Å². The van der Waals surface area contributed by atoms with E-state index >= 15 is 0 Å². The first-order chi connectivity index (χ1) is 11.5. The molecule has 0 spiro atoms. The minimum Gasteiger partial charge on any atom is -0.346 e. The number of hydrogen-bond acceptors (Lipinski definition) is 2. The lowest BCUT2D eigenvalue weighted by Crippen LogP contribution is -2.37. The molecule has 0 heterocycles. The van der Waals surface area contributed by atoms with Gasteiger partial charge in [-0.1, -0.05) is 33.6 Å². The fourth-order valence-corrected chi connectivity index (χ4v) is 3.27. The minimum atomic E-state index is 0.103. The summed E-state index contributed by atoms with van der Waals surface area (Å²) in [6.07, 6.45) is 6.71. The summed E-state index contributed by atoms with van der Waals surface area (Å²) < 4.78 is 0. The molecule has 4 nitrogen and oxygen atoms in total. The lowest BCUT2D eigenvalue weighted by Gasteiger charge is -2.27. The summed E-state index contributed by atoms with van der Waals surface area (Å²) in [7, 11) is 1.88. The van der Waals surface area contributed by atoms with E-state index in [0.29, 0.717) is 5.91 Å². The zero-order valence-electron chi connectivity index (χ0n) is 16.9. The summed E-state index contributed by atoms with van der Waals surface area (Å²) >= 11 is 0. The Hall–Kier alpha value is -1.06. The Balaban J connectivity index is 4.59. The molecule has 0 radical (unpaired) electrons. The fourth-order valence-electron chi connectivity index (χ4n) is 3.27. The van der Waals surface area contributed by atoms with Crippen LogP contribution in [0.15, 0.2) is 0 Å². The van der Waals surface area contributed by atoms with Crippen molar-refractivity contribution in [2.75, 3.05) is 26.7 Å². The summed E-state index contributed by atoms with van der Waals surface area (Å²) in [6, 6.07) is 0. The van der Waals surface area contributed by atoms with Gasteiger partial charge in [0.2, 0.25) is 11.8 Å². The van der Waals surface area contributed by atoms with E-state index in [1.54, 1.807) is 0 Å². The summed E-state index contributed by atoms with van der Waals surface area (Å²) in [5, 5.41) is 0. The molecule has 0 aromatic carbocycles. The van der Waals surface area contributed by atoms with Gasteiger partial charge in [0.25, 0.3) is 0 Å². The number of carbonyl (C=O) groups is 2. The summed E-state index contributed by atoms with van der Waals surface area (Å²) in [4.78, 5) is 28.9. The fraction of sp³-hybridized carbons (Fsp3) is 0.900. The molecule has 0 aromatic rings. The first-order valence-electron chi connectivity index (χ1n) is 10.00. The van der Waals surface area contributed by atoms with E-state index in [2.05, 4.69) is 27.7 Å². The van der Waals surface area contributed by atoms with E-state index in [0.717, 1.165) is 64.6 Å². The van der Waals surface area contributed by atoms with Gasteiger partial charge in [0, 0.05) is 38.5 Å². The van der Waals surface area contributed by atoms with Gasteiger partial charge in [0.1, 0.15) is 0 Å². The molecular formula is C20H40N2O2. The quantitative estimate of drug-likeness (QED) is 0.500. The lowest BCUT2D eigenvalue weighted by molar-refractivity contribution is -0.135. The first kappa shape index (κ1) is 22.9. The zero-order chi connectivity index (χ0) is 18.5. The normalized spacial score (nSPS) is 13.4. The van der Waals surface area contributed by atoms with Gasteiger partial charge < -0.3 is 9.80 Å². The second-order valence-corrected chi connectivity index (χ2v) is 6.79. The highest BCUT2D eigenvalue weighted by Gasteiger charge is 2.23. The van der Waals surface area contributed by atoms with Gasteiger partial charge >= 0.3 is 0 Å². The van der Waals surface area contributed by atoms with Gasteiger partial charge in [0.15, 0.2) is 0 Å². The third kappa shape index (κ3) is 7.67. The Labute approximate surface area is 150 Å². The van der Waals surface area contributed by atoms with E-state index in [-0.39, 0.29) is 17.7 Å². The van der Waals surface area contributed by atoms with Crippen LogP contribution in [0.4, 0.5) is 0 Å². The van der Waals surface area contributed by atoms with E-state index in [1.165, 1.54) is 0 Å². The van der Waals surface area contributed by atoms with Crippen LogP contribution in [0.3, 0.4) is 0 Å². The molecule has 0 bridgehead atoms. The van der Waals surface area contributed by atoms with Gasteiger partial charge in [-0.2, -0.15) is 0 Å². The largest absolute Gasteiger partial charge is 0.346 e. The van der Waals surface area contributed by atoms with Crippen LogP contribution in [0, 0.1) is 11.8 Å². The van der Waals surface area contributed by atoms with Gasteiger partial charge in [0.05, 0.1) is 0 Å². The first-order valence-corrected chi connectivity index (χ1v) is 10.00. The average molecular weight is 341 g/mol. The molecule has 142 valence electrons.